The van der Waals surface area contributed by atoms with E-state index in [0.29, 0.717) is 27.8 Å². The van der Waals surface area contributed by atoms with Gasteiger partial charge in [0.1, 0.15) is 0 Å². The monoisotopic (exact) mass is 671 g/mol. The number of aliphatic hydroxyl groups is 1. The minimum atomic E-state index is -4.22. The number of hydrogen-bond donors (Lipinski definition) is 2. The number of amides is 3. The molecule has 6 rings (SSSR count). The van der Waals surface area contributed by atoms with E-state index < -0.39 is 39.8 Å². The summed E-state index contributed by atoms with van der Waals surface area (Å²) in [7, 11) is -1.28. The second-order valence-corrected chi connectivity index (χ2v) is 12.8. The molecule has 0 aromatic heterocycles. The molecule has 246 valence electrons. The summed E-state index contributed by atoms with van der Waals surface area (Å²) in [5.41, 5.74) is 0.769. The molecular weight excluding hydrogens is 642 g/mol. The Labute approximate surface area is 275 Å². The highest BCUT2D eigenvalue weighted by atomic mass is 32.2. The zero-order valence-electron chi connectivity index (χ0n) is 25.7. The predicted molar refractivity (Wildman–Crippen MR) is 170 cm³/mol. The van der Waals surface area contributed by atoms with E-state index in [9.17, 15) is 32.7 Å². The van der Waals surface area contributed by atoms with Crippen LogP contribution in [0.25, 0.3) is 0 Å². The molecule has 48 heavy (non-hydrogen) atoms. The molecule has 4 aromatic carbocycles. The van der Waals surface area contributed by atoms with Crippen molar-refractivity contribution in [2.75, 3.05) is 24.4 Å². The molecule has 0 spiro atoms. The summed E-state index contributed by atoms with van der Waals surface area (Å²) < 4.78 is 38.4. The van der Waals surface area contributed by atoms with Gasteiger partial charge >= 0.3 is 5.97 Å². The lowest BCUT2D eigenvalue weighted by Gasteiger charge is -2.24. The van der Waals surface area contributed by atoms with Gasteiger partial charge in [0, 0.05) is 30.2 Å². The molecule has 13 nitrogen and oxygen atoms in total. The lowest BCUT2D eigenvalue weighted by molar-refractivity contribution is -0.191. The normalized spacial score (nSPS) is 16.4. The minimum absolute atomic E-state index is 0.0259. The van der Waals surface area contributed by atoms with Crippen LogP contribution in [0.5, 0.6) is 11.5 Å². The predicted octanol–water partition coefficient (Wildman–Crippen LogP) is 3.96. The van der Waals surface area contributed by atoms with Gasteiger partial charge in [0.05, 0.1) is 47.4 Å². The average Bonchev–Trinajstić information content (AvgIpc) is 3.39. The summed E-state index contributed by atoms with van der Waals surface area (Å²) in [6.07, 6.45) is -1.10. The quantitative estimate of drug-likeness (QED) is 0.280. The van der Waals surface area contributed by atoms with Gasteiger partial charge < -0.3 is 29.6 Å². The molecule has 2 heterocycles. The molecule has 1 unspecified atom stereocenters. The first-order valence-electron chi connectivity index (χ1n) is 14.7. The molecule has 4 aromatic rings. The van der Waals surface area contributed by atoms with Crippen molar-refractivity contribution >= 4 is 44.9 Å². The molecular formula is C34H29N3O10S. The Balaban J connectivity index is 1.37. The molecule has 3 amide bonds. The fraction of sp³-hybridized carbons (Fsp3) is 0.176. The van der Waals surface area contributed by atoms with Crippen LogP contribution >= 0.6 is 0 Å². The van der Waals surface area contributed by atoms with Crippen LogP contribution in [-0.4, -0.2) is 62.7 Å². The topological polar surface area (TPSA) is 169 Å². The summed E-state index contributed by atoms with van der Waals surface area (Å²) >= 11 is 0. The smallest absolute Gasteiger partial charge is 0.363 e. The van der Waals surface area contributed by atoms with Crippen molar-refractivity contribution in [1.29, 1.82) is 0 Å². The Kier molecular flexibility index (Phi) is 8.60. The van der Waals surface area contributed by atoms with Gasteiger partial charge in [0.15, 0.2) is 17.7 Å². The molecule has 1 atom stereocenters. The van der Waals surface area contributed by atoms with E-state index in [-0.39, 0.29) is 51.6 Å². The molecule has 2 aliphatic rings. The Morgan fingerprint density at radius 2 is 1.65 bits per heavy atom. The van der Waals surface area contributed by atoms with Crippen LogP contribution in [0.2, 0.25) is 0 Å². The minimum Gasteiger partial charge on any atom is -0.493 e. The van der Waals surface area contributed by atoms with Crippen molar-refractivity contribution < 1.29 is 47.0 Å². The maximum Gasteiger partial charge on any atom is 0.363 e. The number of methoxy groups -OCH3 is 2. The Hall–Kier alpha value is -5.73. The molecule has 14 heteroatoms. The van der Waals surface area contributed by atoms with Crippen LogP contribution in [0.3, 0.4) is 0 Å². The number of ether oxygens (including phenoxy) is 2. The second-order valence-electron chi connectivity index (χ2n) is 10.9. The van der Waals surface area contributed by atoms with Crippen LogP contribution in [0.15, 0.2) is 94.7 Å². The fourth-order valence-corrected chi connectivity index (χ4v) is 7.13. The second kappa shape index (κ2) is 12.8. The van der Waals surface area contributed by atoms with E-state index in [2.05, 4.69) is 5.32 Å². The van der Waals surface area contributed by atoms with Crippen molar-refractivity contribution in [3.63, 3.8) is 0 Å². The van der Waals surface area contributed by atoms with Crippen molar-refractivity contribution in [2.24, 2.45) is 0 Å². The zero-order valence-corrected chi connectivity index (χ0v) is 26.5. The molecule has 0 radical (unpaired) electrons. The molecule has 0 bridgehead atoms. The molecule has 0 aliphatic carbocycles. The Morgan fingerprint density at radius 3 is 2.38 bits per heavy atom. The van der Waals surface area contributed by atoms with Gasteiger partial charge in [-0.2, -0.15) is 0 Å². The van der Waals surface area contributed by atoms with Crippen LogP contribution in [0, 0.1) is 0 Å². The number of hydrogen-bond acceptors (Lipinski definition) is 10. The van der Waals surface area contributed by atoms with E-state index in [1.54, 1.807) is 30.3 Å². The Bertz CT molecular complexity index is 2080. The average molecular weight is 672 g/mol. The highest BCUT2D eigenvalue weighted by molar-refractivity contribution is 7.91. The van der Waals surface area contributed by atoms with Crippen molar-refractivity contribution in [2.45, 2.75) is 35.4 Å². The number of nitrogens with zero attached hydrogens (tertiary/aromatic N) is 2. The number of carbonyl (C=O) groups is 4. The summed E-state index contributed by atoms with van der Waals surface area (Å²) in [6.45, 7) is -0.206. The number of aliphatic hydroxyl groups excluding tert-OH is 1. The van der Waals surface area contributed by atoms with Gasteiger partial charge in [-0.05, 0) is 60.2 Å². The SMILES string of the molecule is COc1ccc(NC(=O)c2ccc3c(c2)N(Cc2cccc(C(=O)ON4C(=O)CCC4O)c2)C(=O)c2ccccc2S3(=O)=O)cc1OC. The standard InChI is InChI=1S/C34H29N3O10S/c1-45-26-12-11-23(18-27(26)46-2)35-32(40)21-10-13-29-25(17-21)36(33(41)24-8-3-4-9-28(24)48(29,43)44)19-20-6-5-7-22(16-20)34(42)47-37-30(38)14-15-31(37)39/h3-13,16-18,30,38H,14-15,19H2,1-2H3,(H,35,40). The maximum atomic E-state index is 14.1. The molecule has 2 aliphatic heterocycles. The maximum absolute atomic E-state index is 14.1. The van der Waals surface area contributed by atoms with Crippen molar-refractivity contribution in [3.05, 3.63) is 107 Å². The molecule has 1 saturated heterocycles. The van der Waals surface area contributed by atoms with Crippen molar-refractivity contribution in [1.82, 2.24) is 5.06 Å². The van der Waals surface area contributed by atoms with Gasteiger partial charge in [-0.25, -0.2) is 13.2 Å². The summed E-state index contributed by atoms with van der Waals surface area (Å²) in [5, 5.41) is 13.4. The third-order valence-electron chi connectivity index (χ3n) is 7.91. The van der Waals surface area contributed by atoms with Gasteiger partial charge in [-0.1, -0.05) is 24.3 Å². The third-order valence-corrected chi connectivity index (χ3v) is 9.77. The van der Waals surface area contributed by atoms with Gasteiger partial charge in [-0.3, -0.25) is 14.4 Å². The first-order chi connectivity index (χ1) is 23.0. The van der Waals surface area contributed by atoms with Crippen LogP contribution in [0.1, 0.15) is 49.5 Å². The fourth-order valence-electron chi connectivity index (χ4n) is 5.50. The van der Waals surface area contributed by atoms with Gasteiger partial charge in [0.2, 0.25) is 9.84 Å². The van der Waals surface area contributed by atoms with E-state index in [0.717, 1.165) is 0 Å². The van der Waals surface area contributed by atoms with Crippen molar-refractivity contribution in [3.8, 4) is 11.5 Å². The van der Waals surface area contributed by atoms with E-state index in [4.69, 9.17) is 14.3 Å². The number of anilines is 2. The number of hydroxylamine groups is 2. The summed E-state index contributed by atoms with van der Waals surface area (Å²) in [5.74, 6) is -1.84. The number of rotatable bonds is 8. The third kappa shape index (κ3) is 5.94. The molecule has 0 saturated carbocycles. The summed E-state index contributed by atoms with van der Waals surface area (Å²) in [4.78, 5) is 58.4. The van der Waals surface area contributed by atoms with Crippen LogP contribution in [-0.2, 0) is 26.0 Å². The highest BCUT2D eigenvalue weighted by Gasteiger charge is 2.37. The lowest BCUT2D eigenvalue weighted by Crippen LogP contribution is -2.35. The van der Waals surface area contributed by atoms with Gasteiger partial charge in [0.25, 0.3) is 17.7 Å². The number of fused-ring (bicyclic) bond motifs is 2. The zero-order chi connectivity index (χ0) is 34.2. The van der Waals surface area contributed by atoms with Crippen LogP contribution in [0.4, 0.5) is 11.4 Å². The van der Waals surface area contributed by atoms with E-state index in [1.807, 2.05) is 0 Å². The number of benzene rings is 4. The molecule has 2 N–H and O–H groups in total. The lowest BCUT2D eigenvalue weighted by atomic mass is 10.1. The van der Waals surface area contributed by atoms with Gasteiger partial charge in [-0.15, -0.1) is 5.06 Å². The largest absolute Gasteiger partial charge is 0.493 e. The first-order valence-corrected chi connectivity index (χ1v) is 16.1. The van der Waals surface area contributed by atoms with E-state index in [1.165, 1.54) is 73.7 Å². The number of nitrogens with one attached hydrogen (secondary N) is 1. The first kappa shape index (κ1) is 32.2. The van der Waals surface area contributed by atoms with E-state index >= 15 is 0 Å². The highest BCUT2D eigenvalue weighted by Crippen LogP contribution is 2.39. The molecule has 1 fully saturated rings. The van der Waals surface area contributed by atoms with Crippen LogP contribution < -0.4 is 19.7 Å². The number of sulfone groups is 1. The summed E-state index contributed by atoms with van der Waals surface area (Å²) in [6, 6.07) is 20.6. The number of carbonyl (C=O) groups excluding carboxylic acids is 4. The Morgan fingerprint density at radius 1 is 0.875 bits per heavy atom.